The summed E-state index contributed by atoms with van der Waals surface area (Å²) in [5.41, 5.74) is 3.01. The van der Waals surface area contributed by atoms with Crippen molar-refractivity contribution in [2.45, 2.75) is 33.1 Å². The molecule has 1 N–H and O–H groups in total. The smallest absolute Gasteiger partial charge is 0.170 e. The molecule has 0 atom stereocenters. The van der Waals surface area contributed by atoms with Gasteiger partial charge in [0.15, 0.2) is 11.5 Å². The molecule has 0 saturated heterocycles. The SMILES string of the molecule is COc1cccc(C=NO)c1OCCOc1ccc(C)cc1C(C)(C)C. The van der Waals surface area contributed by atoms with Crippen LogP contribution in [-0.2, 0) is 5.41 Å². The molecule has 0 heterocycles. The lowest BCUT2D eigenvalue weighted by Gasteiger charge is -2.23. The van der Waals surface area contributed by atoms with Gasteiger partial charge in [0, 0.05) is 5.56 Å². The molecular formula is C21H27NO4. The summed E-state index contributed by atoms with van der Waals surface area (Å²) >= 11 is 0. The Hall–Kier alpha value is -2.69. The van der Waals surface area contributed by atoms with Crippen LogP contribution in [0.3, 0.4) is 0 Å². The van der Waals surface area contributed by atoms with Crippen molar-refractivity contribution < 1.29 is 19.4 Å². The molecule has 0 unspecified atom stereocenters. The molecular weight excluding hydrogens is 330 g/mol. The van der Waals surface area contributed by atoms with Crippen LogP contribution >= 0.6 is 0 Å². The van der Waals surface area contributed by atoms with Crippen LogP contribution in [0.25, 0.3) is 0 Å². The molecule has 0 aliphatic rings. The molecule has 5 heteroatoms. The normalized spacial score (nSPS) is 11.6. The Morgan fingerprint density at radius 1 is 1.04 bits per heavy atom. The Labute approximate surface area is 155 Å². The summed E-state index contributed by atoms with van der Waals surface area (Å²) < 4.78 is 17.1. The second-order valence-electron chi connectivity index (χ2n) is 7.07. The van der Waals surface area contributed by atoms with Gasteiger partial charge in [-0.05, 0) is 36.1 Å². The van der Waals surface area contributed by atoms with Gasteiger partial charge in [-0.15, -0.1) is 0 Å². The zero-order valence-corrected chi connectivity index (χ0v) is 16.1. The van der Waals surface area contributed by atoms with Crippen LogP contribution in [0, 0.1) is 6.92 Å². The Kier molecular flexibility index (Phi) is 6.50. The van der Waals surface area contributed by atoms with E-state index in [0.717, 1.165) is 5.75 Å². The van der Waals surface area contributed by atoms with Crippen LogP contribution in [0.5, 0.6) is 17.2 Å². The van der Waals surface area contributed by atoms with E-state index in [1.54, 1.807) is 25.3 Å². The molecule has 0 fully saturated rings. The predicted octanol–water partition coefficient (Wildman–Crippen LogP) is 4.57. The van der Waals surface area contributed by atoms with Crippen LogP contribution in [0.2, 0.25) is 0 Å². The largest absolute Gasteiger partial charge is 0.493 e. The van der Waals surface area contributed by atoms with Crippen molar-refractivity contribution in [2.75, 3.05) is 20.3 Å². The quantitative estimate of drug-likeness (QED) is 0.341. The fraction of sp³-hybridized carbons (Fsp3) is 0.381. The molecule has 0 aromatic heterocycles. The number of oxime groups is 1. The maximum atomic E-state index is 8.81. The Morgan fingerprint density at radius 3 is 2.42 bits per heavy atom. The van der Waals surface area contributed by atoms with Crippen molar-refractivity contribution in [3.63, 3.8) is 0 Å². The van der Waals surface area contributed by atoms with E-state index in [1.165, 1.54) is 17.3 Å². The van der Waals surface area contributed by atoms with E-state index < -0.39 is 0 Å². The lowest BCUT2D eigenvalue weighted by molar-refractivity contribution is 0.208. The zero-order chi connectivity index (χ0) is 19.2. The average Bonchev–Trinajstić information content (AvgIpc) is 2.60. The van der Waals surface area contributed by atoms with Crippen LogP contribution < -0.4 is 14.2 Å². The molecule has 5 nitrogen and oxygen atoms in total. The molecule has 0 amide bonds. The fourth-order valence-electron chi connectivity index (χ4n) is 2.66. The Morgan fingerprint density at radius 2 is 1.77 bits per heavy atom. The van der Waals surface area contributed by atoms with Crippen molar-refractivity contribution in [3.05, 3.63) is 53.1 Å². The van der Waals surface area contributed by atoms with Gasteiger partial charge in [-0.3, -0.25) is 0 Å². The van der Waals surface area contributed by atoms with Crippen LogP contribution in [0.15, 0.2) is 41.6 Å². The van der Waals surface area contributed by atoms with Gasteiger partial charge in [0.1, 0.15) is 19.0 Å². The molecule has 0 aliphatic heterocycles. The molecule has 2 aromatic carbocycles. The Bertz CT molecular complexity index is 763. The third-order valence-electron chi connectivity index (χ3n) is 3.96. The van der Waals surface area contributed by atoms with Gasteiger partial charge in [0.2, 0.25) is 0 Å². The highest BCUT2D eigenvalue weighted by Crippen LogP contribution is 2.33. The molecule has 0 bridgehead atoms. The number of methoxy groups -OCH3 is 1. The summed E-state index contributed by atoms with van der Waals surface area (Å²) in [6.45, 7) is 9.31. The Balaban J connectivity index is 2.07. The maximum Gasteiger partial charge on any atom is 0.170 e. The van der Waals surface area contributed by atoms with Gasteiger partial charge < -0.3 is 19.4 Å². The van der Waals surface area contributed by atoms with Crippen LogP contribution in [0.4, 0.5) is 0 Å². The minimum Gasteiger partial charge on any atom is -0.493 e. The first-order chi connectivity index (χ1) is 12.4. The zero-order valence-electron chi connectivity index (χ0n) is 16.1. The highest BCUT2D eigenvalue weighted by atomic mass is 16.5. The summed E-state index contributed by atoms with van der Waals surface area (Å²) in [5.74, 6) is 1.97. The highest BCUT2D eigenvalue weighted by Gasteiger charge is 2.19. The first kappa shape index (κ1) is 19.6. The van der Waals surface area contributed by atoms with Gasteiger partial charge in [0.05, 0.1) is 13.3 Å². The second-order valence-corrected chi connectivity index (χ2v) is 7.07. The lowest BCUT2D eigenvalue weighted by atomic mass is 9.85. The first-order valence-electron chi connectivity index (χ1n) is 8.58. The third kappa shape index (κ3) is 4.91. The maximum absolute atomic E-state index is 8.81. The van der Waals surface area contributed by atoms with E-state index in [-0.39, 0.29) is 5.41 Å². The van der Waals surface area contributed by atoms with Crippen molar-refractivity contribution in [3.8, 4) is 17.2 Å². The standard InChI is InChI=1S/C21H27NO4/c1-15-9-10-18(17(13-15)21(2,3)4)25-11-12-26-20-16(14-22-23)7-6-8-19(20)24-5/h6-10,13-14,23H,11-12H2,1-5H3. The summed E-state index contributed by atoms with van der Waals surface area (Å²) in [5, 5.41) is 11.9. The van der Waals surface area contributed by atoms with E-state index >= 15 is 0 Å². The van der Waals surface area contributed by atoms with E-state index in [1.807, 2.05) is 12.1 Å². The fourth-order valence-corrected chi connectivity index (χ4v) is 2.66. The van der Waals surface area contributed by atoms with Crippen molar-refractivity contribution >= 4 is 6.21 Å². The third-order valence-corrected chi connectivity index (χ3v) is 3.96. The second kappa shape index (κ2) is 8.61. The van der Waals surface area contributed by atoms with E-state index in [9.17, 15) is 0 Å². The number of benzene rings is 2. The van der Waals surface area contributed by atoms with E-state index in [2.05, 4.69) is 38.9 Å². The molecule has 26 heavy (non-hydrogen) atoms. The van der Waals surface area contributed by atoms with E-state index in [0.29, 0.717) is 30.3 Å². The van der Waals surface area contributed by atoms with Crippen molar-refractivity contribution in [1.82, 2.24) is 0 Å². The molecule has 2 rings (SSSR count). The summed E-state index contributed by atoms with van der Waals surface area (Å²) in [6.07, 6.45) is 1.32. The molecule has 0 aliphatic carbocycles. The van der Waals surface area contributed by atoms with Gasteiger partial charge in [-0.2, -0.15) is 0 Å². The van der Waals surface area contributed by atoms with Crippen LogP contribution in [0.1, 0.15) is 37.5 Å². The molecule has 140 valence electrons. The van der Waals surface area contributed by atoms with Gasteiger partial charge >= 0.3 is 0 Å². The monoisotopic (exact) mass is 357 g/mol. The summed E-state index contributed by atoms with van der Waals surface area (Å²) in [6, 6.07) is 11.6. The number of nitrogens with zero attached hydrogens (tertiary/aromatic N) is 1. The predicted molar refractivity (Wildman–Crippen MR) is 103 cm³/mol. The number of aryl methyl sites for hydroxylation is 1. The highest BCUT2D eigenvalue weighted by molar-refractivity contribution is 5.84. The number of hydrogen-bond acceptors (Lipinski definition) is 5. The number of para-hydroxylation sites is 1. The summed E-state index contributed by atoms with van der Waals surface area (Å²) in [7, 11) is 1.57. The topological polar surface area (TPSA) is 60.3 Å². The molecule has 0 radical (unpaired) electrons. The minimum absolute atomic E-state index is 0.00434. The lowest BCUT2D eigenvalue weighted by Crippen LogP contribution is -2.16. The van der Waals surface area contributed by atoms with Crippen molar-refractivity contribution in [2.24, 2.45) is 5.16 Å². The van der Waals surface area contributed by atoms with Crippen LogP contribution in [-0.4, -0.2) is 31.7 Å². The molecule has 0 saturated carbocycles. The van der Waals surface area contributed by atoms with Gasteiger partial charge in [-0.25, -0.2) is 0 Å². The average molecular weight is 357 g/mol. The number of rotatable bonds is 7. The van der Waals surface area contributed by atoms with Gasteiger partial charge in [0.25, 0.3) is 0 Å². The van der Waals surface area contributed by atoms with Gasteiger partial charge in [-0.1, -0.05) is 49.7 Å². The first-order valence-corrected chi connectivity index (χ1v) is 8.58. The van der Waals surface area contributed by atoms with E-state index in [4.69, 9.17) is 19.4 Å². The molecule has 0 spiro atoms. The number of hydrogen-bond donors (Lipinski definition) is 1. The van der Waals surface area contributed by atoms with Crippen molar-refractivity contribution in [1.29, 1.82) is 0 Å². The summed E-state index contributed by atoms with van der Waals surface area (Å²) in [4.78, 5) is 0. The molecule has 2 aromatic rings. The minimum atomic E-state index is -0.00434. The number of ether oxygens (including phenoxy) is 3.